The van der Waals surface area contributed by atoms with Crippen molar-refractivity contribution >= 4 is 21.6 Å². The number of rotatable bonds is 6. The summed E-state index contributed by atoms with van der Waals surface area (Å²) in [5.74, 6) is 0.105. The predicted octanol–water partition coefficient (Wildman–Crippen LogP) is 3.11. The highest BCUT2D eigenvalue weighted by Gasteiger charge is 2.52. The van der Waals surface area contributed by atoms with Crippen LogP contribution in [-0.4, -0.2) is 20.4 Å². The first-order chi connectivity index (χ1) is 12.4. The molecule has 26 heavy (non-hydrogen) atoms. The van der Waals surface area contributed by atoms with Gasteiger partial charge in [-0.1, -0.05) is 24.3 Å². The molecule has 2 aromatic carbocycles. The molecule has 4 rings (SSSR count). The largest absolute Gasteiger partial charge is 0.353 e. The number of sulfonamides is 1. The lowest BCUT2D eigenvalue weighted by Gasteiger charge is -2.16. The molecule has 2 saturated carbocycles. The third kappa shape index (κ3) is 3.33. The molecule has 0 aliphatic heterocycles. The van der Waals surface area contributed by atoms with Crippen LogP contribution in [0.2, 0.25) is 0 Å². The monoisotopic (exact) mass is 370 g/mol. The maximum Gasteiger partial charge on any atom is 0.261 e. The van der Waals surface area contributed by atoms with E-state index in [1.807, 2.05) is 25.1 Å². The van der Waals surface area contributed by atoms with E-state index in [-0.39, 0.29) is 10.8 Å². The van der Waals surface area contributed by atoms with Crippen molar-refractivity contribution in [1.29, 1.82) is 0 Å². The zero-order valence-corrected chi connectivity index (χ0v) is 15.5. The van der Waals surface area contributed by atoms with Crippen LogP contribution in [0.4, 0.5) is 5.69 Å². The fourth-order valence-corrected chi connectivity index (χ4v) is 4.34. The lowest BCUT2D eigenvalue weighted by molar-refractivity contribution is -0.123. The van der Waals surface area contributed by atoms with Crippen molar-refractivity contribution in [2.24, 2.45) is 0 Å². The van der Waals surface area contributed by atoms with E-state index in [1.165, 1.54) is 0 Å². The van der Waals surface area contributed by atoms with Gasteiger partial charge in [-0.15, -0.1) is 0 Å². The number of hydrogen-bond donors (Lipinski definition) is 2. The molecule has 2 aromatic rings. The van der Waals surface area contributed by atoms with Gasteiger partial charge >= 0.3 is 0 Å². The molecule has 0 radical (unpaired) electrons. The summed E-state index contributed by atoms with van der Waals surface area (Å²) in [7, 11) is -3.62. The second-order valence-electron chi connectivity index (χ2n) is 7.33. The van der Waals surface area contributed by atoms with Crippen LogP contribution in [0.25, 0.3) is 0 Å². The Morgan fingerprint density at radius 2 is 1.77 bits per heavy atom. The van der Waals surface area contributed by atoms with E-state index in [1.54, 1.807) is 30.3 Å². The maximum absolute atomic E-state index is 12.5. The third-order valence-electron chi connectivity index (χ3n) is 5.09. The highest BCUT2D eigenvalue weighted by atomic mass is 32.2. The van der Waals surface area contributed by atoms with Crippen molar-refractivity contribution in [3.05, 3.63) is 59.7 Å². The van der Waals surface area contributed by atoms with Gasteiger partial charge in [-0.25, -0.2) is 8.42 Å². The number of hydrogen-bond acceptors (Lipinski definition) is 3. The average Bonchev–Trinajstić information content (AvgIpc) is 3.50. The molecule has 2 aliphatic rings. The molecular formula is C20H22N2O3S. The number of nitrogens with one attached hydrogen (secondary N) is 2. The molecule has 0 spiro atoms. The molecular weight excluding hydrogens is 348 g/mol. The fourth-order valence-electron chi connectivity index (χ4n) is 3.18. The zero-order valence-electron chi connectivity index (χ0n) is 14.7. The van der Waals surface area contributed by atoms with Crippen LogP contribution in [0, 0.1) is 6.92 Å². The number of carbonyl (C=O) groups is 1. The van der Waals surface area contributed by atoms with Crippen LogP contribution in [0.3, 0.4) is 0 Å². The van der Waals surface area contributed by atoms with Crippen LogP contribution >= 0.6 is 0 Å². The van der Waals surface area contributed by atoms with Crippen LogP contribution in [0.1, 0.15) is 36.8 Å². The van der Waals surface area contributed by atoms with Crippen molar-refractivity contribution < 1.29 is 13.2 Å². The molecule has 0 saturated heterocycles. The summed E-state index contributed by atoms with van der Waals surface area (Å²) in [6, 6.07) is 14.3. The molecule has 0 atom stereocenters. The Hall–Kier alpha value is -2.34. The Morgan fingerprint density at radius 1 is 1.08 bits per heavy atom. The lowest BCUT2D eigenvalue weighted by atomic mass is 9.95. The maximum atomic E-state index is 12.5. The minimum absolute atomic E-state index is 0.105. The SMILES string of the molecule is Cc1cccc(S(=O)(=O)Nc2ccc(C3(C(=O)NC4CC4)CC3)cc2)c1. The van der Waals surface area contributed by atoms with Gasteiger partial charge < -0.3 is 5.32 Å². The first-order valence-electron chi connectivity index (χ1n) is 8.90. The number of carbonyl (C=O) groups excluding carboxylic acids is 1. The van der Waals surface area contributed by atoms with Crippen LogP contribution in [-0.2, 0) is 20.2 Å². The van der Waals surface area contributed by atoms with Gasteiger partial charge in [0.15, 0.2) is 0 Å². The second-order valence-corrected chi connectivity index (χ2v) is 9.01. The molecule has 2 fully saturated rings. The van der Waals surface area contributed by atoms with E-state index < -0.39 is 15.4 Å². The first kappa shape index (κ1) is 17.1. The van der Waals surface area contributed by atoms with Crippen molar-refractivity contribution in [1.82, 2.24) is 5.32 Å². The van der Waals surface area contributed by atoms with E-state index in [0.717, 1.165) is 36.8 Å². The number of amides is 1. The summed E-state index contributed by atoms with van der Waals surface area (Å²) in [5.41, 5.74) is 1.92. The van der Waals surface area contributed by atoms with Crippen molar-refractivity contribution in [2.75, 3.05) is 4.72 Å². The van der Waals surface area contributed by atoms with Gasteiger partial charge in [0.25, 0.3) is 10.0 Å². The Labute approximate surface area is 153 Å². The summed E-state index contributed by atoms with van der Waals surface area (Å²) in [4.78, 5) is 12.7. The van der Waals surface area contributed by atoms with E-state index in [9.17, 15) is 13.2 Å². The van der Waals surface area contributed by atoms with Gasteiger partial charge in [0.2, 0.25) is 5.91 Å². The first-order valence-corrected chi connectivity index (χ1v) is 10.4. The fraction of sp³-hybridized carbons (Fsp3) is 0.350. The van der Waals surface area contributed by atoms with Crippen molar-refractivity contribution in [3.8, 4) is 0 Å². The Balaban J connectivity index is 1.50. The normalized spacial score (nSPS) is 18.2. The Morgan fingerprint density at radius 3 is 2.35 bits per heavy atom. The molecule has 0 heterocycles. The minimum Gasteiger partial charge on any atom is -0.353 e. The van der Waals surface area contributed by atoms with Gasteiger partial charge in [0.1, 0.15) is 0 Å². The Kier molecular flexibility index (Phi) is 4.03. The predicted molar refractivity (Wildman–Crippen MR) is 101 cm³/mol. The zero-order chi connectivity index (χ0) is 18.4. The topological polar surface area (TPSA) is 75.3 Å². The van der Waals surface area contributed by atoms with Gasteiger partial charge in [-0.2, -0.15) is 0 Å². The quantitative estimate of drug-likeness (QED) is 0.820. The molecule has 2 aliphatic carbocycles. The number of benzene rings is 2. The van der Waals surface area contributed by atoms with Gasteiger partial charge in [0, 0.05) is 11.7 Å². The van der Waals surface area contributed by atoms with Crippen molar-refractivity contribution in [2.45, 2.75) is 49.0 Å². The smallest absolute Gasteiger partial charge is 0.261 e. The minimum atomic E-state index is -3.62. The number of anilines is 1. The lowest BCUT2D eigenvalue weighted by Crippen LogP contribution is -2.36. The van der Waals surface area contributed by atoms with E-state index in [2.05, 4.69) is 10.0 Å². The van der Waals surface area contributed by atoms with Crippen molar-refractivity contribution in [3.63, 3.8) is 0 Å². The van der Waals surface area contributed by atoms with E-state index in [4.69, 9.17) is 0 Å². The molecule has 5 nitrogen and oxygen atoms in total. The summed E-state index contributed by atoms with van der Waals surface area (Å²) in [6.45, 7) is 1.86. The Bertz CT molecular complexity index is 943. The molecule has 6 heteroatoms. The average molecular weight is 370 g/mol. The van der Waals surface area contributed by atoms with Crippen LogP contribution in [0.15, 0.2) is 53.4 Å². The molecule has 2 N–H and O–H groups in total. The highest BCUT2D eigenvalue weighted by Crippen LogP contribution is 2.49. The molecule has 0 bridgehead atoms. The summed E-state index contributed by atoms with van der Waals surface area (Å²) < 4.78 is 27.6. The standard InChI is InChI=1S/C20H22N2O3S/c1-14-3-2-4-18(13-14)26(24,25)22-17-7-5-15(6-8-17)20(11-12-20)19(23)21-16-9-10-16/h2-8,13,16,22H,9-12H2,1H3,(H,21,23). The highest BCUT2D eigenvalue weighted by molar-refractivity contribution is 7.92. The van der Waals surface area contributed by atoms with Crippen LogP contribution < -0.4 is 10.0 Å². The van der Waals surface area contributed by atoms with Gasteiger partial charge in [-0.3, -0.25) is 9.52 Å². The molecule has 0 unspecified atom stereocenters. The van der Waals surface area contributed by atoms with Crippen LogP contribution in [0.5, 0.6) is 0 Å². The van der Waals surface area contributed by atoms with Gasteiger partial charge in [0.05, 0.1) is 10.3 Å². The summed E-state index contributed by atoms with van der Waals surface area (Å²) in [6.07, 6.45) is 3.84. The number of aryl methyl sites for hydroxylation is 1. The second kappa shape index (κ2) is 6.13. The molecule has 136 valence electrons. The summed E-state index contributed by atoms with van der Waals surface area (Å²) >= 11 is 0. The molecule has 0 aromatic heterocycles. The van der Waals surface area contributed by atoms with E-state index in [0.29, 0.717) is 11.7 Å². The molecule has 1 amide bonds. The summed E-state index contributed by atoms with van der Waals surface area (Å²) in [5, 5.41) is 3.08. The van der Waals surface area contributed by atoms with Gasteiger partial charge in [-0.05, 0) is 68.0 Å². The third-order valence-corrected chi connectivity index (χ3v) is 6.47. The van der Waals surface area contributed by atoms with E-state index >= 15 is 0 Å².